The van der Waals surface area contributed by atoms with Crippen LogP contribution in [0, 0.1) is 5.92 Å². The molecule has 0 unspecified atom stereocenters. The number of nitrogens with zero attached hydrogens (tertiary/aromatic N) is 2. The number of nitrogens with two attached hydrogens (primary N) is 2. The zero-order valence-corrected chi connectivity index (χ0v) is 12.0. The number of rotatable bonds is 4. The van der Waals surface area contributed by atoms with Crippen LogP contribution in [0.1, 0.15) is 26.7 Å². The summed E-state index contributed by atoms with van der Waals surface area (Å²) in [6, 6.07) is 3.79. The lowest BCUT2D eigenvalue weighted by Crippen LogP contribution is -2.34. The van der Waals surface area contributed by atoms with Gasteiger partial charge in [-0.2, -0.15) is 0 Å². The van der Waals surface area contributed by atoms with Crippen LogP contribution in [0.5, 0.6) is 0 Å². The standard InChI is InChI=1S/C14H22N4O2/c1-14(2,20-13(16)19)7-10-5-6-18(9-10)12-4-3-11(15)8-17-12/h3-4,8,10H,5-7,9,15H2,1-2H3,(H2,16,19)/t10-/m0/s1. The van der Waals surface area contributed by atoms with E-state index in [2.05, 4.69) is 9.88 Å². The van der Waals surface area contributed by atoms with E-state index < -0.39 is 11.7 Å². The zero-order chi connectivity index (χ0) is 14.8. The van der Waals surface area contributed by atoms with Gasteiger partial charge in [0, 0.05) is 13.1 Å². The van der Waals surface area contributed by atoms with Crippen molar-refractivity contribution >= 4 is 17.6 Å². The van der Waals surface area contributed by atoms with Crippen molar-refractivity contribution in [1.29, 1.82) is 0 Å². The minimum absolute atomic E-state index is 0.462. The smallest absolute Gasteiger partial charge is 0.405 e. The lowest BCUT2D eigenvalue weighted by molar-refractivity contribution is 0.0286. The summed E-state index contributed by atoms with van der Waals surface area (Å²) in [5.74, 6) is 1.40. The highest BCUT2D eigenvalue weighted by Crippen LogP contribution is 2.30. The molecule has 1 saturated heterocycles. The summed E-state index contributed by atoms with van der Waals surface area (Å²) in [5.41, 5.74) is 10.9. The van der Waals surface area contributed by atoms with Crippen molar-refractivity contribution in [3.8, 4) is 0 Å². The lowest BCUT2D eigenvalue weighted by Gasteiger charge is -2.27. The molecule has 0 aliphatic carbocycles. The van der Waals surface area contributed by atoms with Crippen molar-refractivity contribution in [2.24, 2.45) is 11.7 Å². The first-order valence-corrected chi connectivity index (χ1v) is 6.81. The molecule has 20 heavy (non-hydrogen) atoms. The van der Waals surface area contributed by atoms with E-state index >= 15 is 0 Å². The average molecular weight is 278 g/mol. The number of primary amides is 1. The molecule has 6 heteroatoms. The van der Waals surface area contributed by atoms with Crippen LogP contribution in [0.15, 0.2) is 18.3 Å². The van der Waals surface area contributed by atoms with Crippen molar-refractivity contribution in [2.45, 2.75) is 32.3 Å². The van der Waals surface area contributed by atoms with Crippen LogP contribution >= 0.6 is 0 Å². The highest BCUT2D eigenvalue weighted by atomic mass is 16.6. The van der Waals surface area contributed by atoms with Crippen LogP contribution in [-0.2, 0) is 4.74 Å². The van der Waals surface area contributed by atoms with Crippen molar-refractivity contribution in [2.75, 3.05) is 23.7 Å². The summed E-state index contributed by atoms with van der Waals surface area (Å²) >= 11 is 0. The minimum Gasteiger partial charge on any atom is -0.444 e. The van der Waals surface area contributed by atoms with Gasteiger partial charge in [-0.1, -0.05) is 0 Å². The molecule has 1 atom stereocenters. The molecule has 0 saturated carbocycles. The van der Waals surface area contributed by atoms with E-state index in [1.807, 2.05) is 26.0 Å². The third kappa shape index (κ3) is 3.76. The number of nitrogen functional groups attached to an aromatic ring is 1. The first kappa shape index (κ1) is 14.4. The molecule has 1 aromatic heterocycles. The Morgan fingerprint density at radius 2 is 2.30 bits per heavy atom. The Kier molecular flexibility index (Phi) is 4.01. The van der Waals surface area contributed by atoms with Gasteiger partial charge in [-0.15, -0.1) is 0 Å². The number of hydrogen-bond acceptors (Lipinski definition) is 5. The number of carbonyl (C=O) groups excluding carboxylic acids is 1. The maximum absolute atomic E-state index is 10.9. The van der Waals surface area contributed by atoms with Gasteiger partial charge in [-0.05, 0) is 44.7 Å². The van der Waals surface area contributed by atoms with Gasteiger partial charge in [0.25, 0.3) is 0 Å². The fraction of sp³-hybridized carbons (Fsp3) is 0.571. The van der Waals surface area contributed by atoms with Gasteiger partial charge in [-0.25, -0.2) is 9.78 Å². The molecule has 110 valence electrons. The number of hydrogen-bond donors (Lipinski definition) is 2. The Morgan fingerprint density at radius 3 is 2.90 bits per heavy atom. The van der Waals surface area contributed by atoms with E-state index in [1.165, 1.54) is 0 Å². The topological polar surface area (TPSA) is 94.5 Å². The van der Waals surface area contributed by atoms with Crippen LogP contribution in [-0.4, -0.2) is 29.8 Å². The largest absolute Gasteiger partial charge is 0.444 e. The van der Waals surface area contributed by atoms with E-state index in [4.69, 9.17) is 16.2 Å². The summed E-state index contributed by atoms with van der Waals surface area (Å²) in [6.07, 6.45) is 2.80. The van der Waals surface area contributed by atoms with E-state index in [9.17, 15) is 4.79 Å². The molecular formula is C14H22N4O2. The highest BCUT2D eigenvalue weighted by molar-refractivity contribution is 5.65. The molecule has 0 spiro atoms. The molecule has 1 aliphatic rings. The normalized spacial score (nSPS) is 19.1. The van der Waals surface area contributed by atoms with Gasteiger partial charge in [-0.3, -0.25) is 0 Å². The number of amides is 1. The average Bonchev–Trinajstić information content (AvgIpc) is 2.75. The fourth-order valence-electron chi connectivity index (χ4n) is 2.80. The Bertz CT molecular complexity index is 473. The lowest BCUT2D eigenvalue weighted by atomic mass is 9.93. The maximum atomic E-state index is 10.9. The maximum Gasteiger partial charge on any atom is 0.405 e. The molecule has 2 heterocycles. The summed E-state index contributed by atoms with van der Waals surface area (Å²) in [4.78, 5) is 17.4. The quantitative estimate of drug-likeness (QED) is 0.875. The second-order valence-electron chi connectivity index (χ2n) is 5.94. The first-order valence-electron chi connectivity index (χ1n) is 6.81. The number of pyridine rings is 1. The third-order valence-electron chi connectivity index (χ3n) is 3.54. The molecule has 1 fully saturated rings. The highest BCUT2D eigenvalue weighted by Gasteiger charge is 2.31. The predicted molar refractivity (Wildman–Crippen MR) is 78.3 cm³/mol. The third-order valence-corrected chi connectivity index (χ3v) is 3.54. The fourth-order valence-corrected chi connectivity index (χ4v) is 2.80. The number of anilines is 2. The van der Waals surface area contributed by atoms with Crippen LogP contribution < -0.4 is 16.4 Å². The SMILES string of the molecule is CC(C)(C[C@@H]1CCN(c2ccc(N)cn2)C1)OC(N)=O. The van der Waals surface area contributed by atoms with Gasteiger partial charge >= 0.3 is 6.09 Å². The number of aromatic nitrogens is 1. The number of carbonyl (C=O) groups is 1. The van der Waals surface area contributed by atoms with Gasteiger partial charge in [0.1, 0.15) is 11.4 Å². The predicted octanol–water partition coefficient (Wildman–Crippen LogP) is 1.75. The van der Waals surface area contributed by atoms with E-state index in [0.717, 1.165) is 31.7 Å². The van der Waals surface area contributed by atoms with Crippen molar-refractivity contribution in [3.63, 3.8) is 0 Å². The van der Waals surface area contributed by atoms with Gasteiger partial charge < -0.3 is 21.1 Å². The van der Waals surface area contributed by atoms with Gasteiger partial charge in [0.15, 0.2) is 0 Å². The molecule has 1 amide bonds. The van der Waals surface area contributed by atoms with Crippen molar-refractivity contribution in [1.82, 2.24) is 4.98 Å². The molecule has 2 rings (SSSR count). The van der Waals surface area contributed by atoms with E-state index in [0.29, 0.717) is 11.6 Å². The zero-order valence-electron chi connectivity index (χ0n) is 12.0. The Morgan fingerprint density at radius 1 is 1.55 bits per heavy atom. The Labute approximate surface area is 119 Å². The van der Waals surface area contributed by atoms with E-state index in [-0.39, 0.29) is 0 Å². The van der Waals surface area contributed by atoms with E-state index in [1.54, 1.807) is 6.20 Å². The van der Waals surface area contributed by atoms with Crippen LogP contribution in [0.4, 0.5) is 16.3 Å². The van der Waals surface area contributed by atoms with Crippen LogP contribution in [0.2, 0.25) is 0 Å². The summed E-state index contributed by atoms with van der Waals surface area (Å²) in [6.45, 7) is 5.64. The summed E-state index contributed by atoms with van der Waals surface area (Å²) in [5, 5.41) is 0. The minimum atomic E-state index is -0.718. The van der Waals surface area contributed by atoms with Gasteiger partial charge in [0.05, 0.1) is 11.9 Å². The Hall–Kier alpha value is -1.98. The molecule has 0 radical (unpaired) electrons. The van der Waals surface area contributed by atoms with Gasteiger partial charge in [0.2, 0.25) is 0 Å². The molecule has 6 nitrogen and oxygen atoms in total. The van der Waals surface area contributed by atoms with Crippen LogP contribution in [0.25, 0.3) is 0 Å². The van der Waals surface area contributed by atoms with Crippen LogP contribution in [0.3, 0.4) is 0 Å². The molecule has 1 aliphatic heterocycles. The van der Waals surface area contributed by atoms with Crippen molar-refractivity contribution < 1.29 is 9.53 Å². The summed E-state index contributed by atoms with van der Waals surface area (Å²) in [7, 11) is 0. The van der Waals surface area contributed by atoms with Crippen molar-refractivity contribution in [3.05, 3.63) is 18.3 Å². The molecule has 4 N–H and O–H groups in total. The number of ether oxygens (including phenoxy) is 1. The molecular weight excluding hydrogens is 256 g/mol. The first-order chi connectivity index (χ1) is 9.35. The molecule has 0 aromatic carbocycles. The molecule has 0 bridgehead atoms. The monoisotopic (exact) mass is 278 g/mol. The Balaban J connectivity index is 1.92. The summed E-state index contributed by atoms with van der Waals surface area (Å²) < 4.78 is 5.14. The second kappa shape index (κ2) is 5.56. The second-order valence-corrected chi connectivity index (χ2v) is 5.94. The molecule has 1 aromatic rings.